The van der Waals surface area contributed by atoms with Gasteiger partial charge in [0.2, 0.25) is 0 Å². The van der Waals surface area contributed by atoms with E-state index in [2.05, 4.69) is 5.32 Å². The number of hydrogen-bond acceptors (Lipinski definition) is 6. The van der Waals surface area contributed by atoms with Crippen LogP contribution in [0.15, 0.2) is 24.3 Å². The lowest BCUT2D eigenvalue weighted by Crippen LogP contribution is -2.14. The average molecular weight is 362 g/mol. The maximum atomic E-state index is 12.5. The first kappa shape index (κ1) is 18.5. The summed E-state index contributed by atoms with van der Waals surface area (Å²) in [5.41, 5.74) is 6.18. The SMILES string of the molecule is CCOc1cccc(C(=O)Nc2sc(C(N)=O)c(C)c2C(=O)OC)c1. The van der Waals surface area contributed by atoms with Crippen molar-refractivity contribution in [1.82, 2.24) is 0 Å². The summed E-state index contributed by atoms with van der Waals surface area (Å²) in [5, 5.41) is 2.86. The molecule has 0 saturated carbocycles. The number of amides is 2. The standard InChI is InChI=1S/C17H18N2O5S/c1-4-24-11-7-5-6-10(8-11)15(21)19-16-12(17(22)23-3)9(2)13(25-16)14(18)20/h5-8H,4H2,1-3H3,(H2,18,20)(H,19,21). The van der Waals surface area contributed by atoms with Gasteiger partial charge >= 0.3 is 5.97 Å². The molecule has 0 aliphatic heterocycles. The molecule has 1 heterocycles. The second kappa shape index (κ2) is 7.80. The molecular formula is C17H18N2O5S. The summed E-state index contributed by atoms with van der Waals surface area (Å²) in [5.74, 6) is -1.21. The van der Waals surface area contributed by atoms with Crippen molar-refractivity contribution in [2.24, 2.45) is 5.73 Å². The molecular weight excluding hydrogens is 344 g/mol. The van der Waals surface area contributed by atoms with Crippen LogP contribution in [0.25, 0.3) is 0 Å². The highest BCUT2D eigenvalue weighted by atomic mass is 32.1. The van der Waals surface area contributed by atoms with E-state index >= 15 is 0 Å². The Hall–Kier alpha value is -2.87. The molecule has 2 amide bonds. The van der Waals surface area contributed by atoms with Gasteiger partial charge in [0, 0.05) is 5.56 Å². The van der Waals surface area contributed by atoms with Crippen LogP contribution in [0.1, 0.15) is 42.9 Å². The molecule has 0 bridgehead atoms. The van der Waals surface area contributed by atoms with E-state index in [1.807, 2.05) is 6.92 Å². The summed E-state index contributed by atoms with van der Waals surface area (Å²) in [6.07, 6.45) is 0. The lowest BCUT2D eigenvalue weighted by atomic mass is 10.1. The van der Waals surface area contributed by atoms with Crippen LogP contribution >= 0.6 is 11.3 Å². The van der Waals surface area contributed by atoms with Gasteiger partial charge in [0.1, 0.15) is 10.8 Å². The van der Waals surface area contributed by atoms with Gasteiger partial charge in [-0.1, -0.05) is 6.07 Å². The highest BCUT2D eigenvalue weighted by molar-refractivity contribution is 7.18. The number of carbonyl (C=O) groups excluding carboxylic acids is 3. The van der Waals surface area contributed by atoms with Gasteiger partial charge in [-0.15, -0.1) is 11.3 Å². The van der Waals surface area contributed by atoms with Crippen molar-refractivity contribution in [2.75, 3.05) is 19.0 Å². The number of thiophene rings is 1. The Morgan fingerprint density at radius 1 is 1.28 bits per heavy atom. The van der Waals surface area contributed by atoms with Crippen LogP contribution in [-0.4, -0.2) is 31.5 Å². The quantitative estimate of drug-likeness (QED) is 0.768. The molecule has 1 aromatic heterocycles. The minimum absolute atomic E-state index is 0.121. The Morgan fingerprint density at radius 2 is 2.00 bits per heavy atom. The number of hydrogen-bond donors (Lipinski definition) is 2. The topological polar surface area (TPSA) is 108 Å². The van der Waals surface area contributed by atoms with Crippen LogP contribution < -0.4 is 15.8 Å². The Bertz CT molecular complexity index is 828. The Kier molecular flexibility index (Phi) is 5.76. The molecule has 8 heteroatoms. The molecule has 3 N–H and O–H groups in total. The molecule has 0 unspecified atom stereocenters. The van der Waals surface area contributed by atoms with Gasteiger partial charge < -0.3 is 20.5 Å². The monoisotopic (exact) mass is 362 g/mol. The van der Waals surface area contributed by atoms with Crippen molar-refractivity contribution in [3.63, 3.8) is 0 Å². The number of nitrogens with two attached hydrogens (primary N) is 1. The van der Waals surface area contributed by atoms with E-state index in [-0.39, 0.29) is 15.4 Å². The molecule has 0 aliphatic carbocycles. The first-order chi connectivity index (χ1) is 11.9. The smallest absolute Gasteiger partial charge is 0.341 e. The van der Waals surface area contributed by atoms with Gasteiger partial charge in [0.05, 0.1) is 24.2 Å². The zero-order valence-corrected chi connectivity index (χ0v) is 14.9. The predicted octanol–water partition coefficient (Wildman–Crippen LogP) is 2.59. The van der Waals surface area contributed by atoms with Crippen LogP contribution in [0.2, 0.25) is 0 Å². The zero-order valence-electron chi connectivity index (χ0n) is 14.0. The van der Waals surface area contributed by atoms with Gasteiger partial charge in [-0.25, -0.2) is 4.79 Å². The second-order valence-electron chi connectivity index (χ2n) is 5.03. The number of primary amides is 1. The summed E-state index contributed by atoms with van der Waals surface area (Å²) in [4.78, 5) is 36.2. The molecule has 0 radical (unpaired) electrons. The number of nitrogens with one attached hydrogen (secondary N) is 1. The number of rotatable bonds is 6. The number of ether oxygens (including phenoxy) is 2. The first-order valence-corrected chi connectivity index (χ1v) is 8.26. The fourth-order valence-electron chi connectivity index (χ4n) is 2.25. The number of esters is 1. The third-order valence-electron chi connectivity index (χ3n) is 3.39. The average Bonchev–Trinajstić information content (AvgIpc) is 2.91. The van der Waals surface area contributed by atoms with E-state index < -0.39 is 17.8 Å². The Balaban J connectivity index is 2.37. The van der Waals surface area contributed by atoms with Gasteiger partial charge in [-0.2, -0.15) is 0 Å². The fourth-order valence-corrected chi connectivity index (χ4v) is 3.30. The normalized spacial score (nSPS) is 10.2. The summed E-state index contributed by atoms with van der Waals surface area (Å²) in [6, 6.07) is 6.63. The van der Waals surface area contributed by atoms with E-state index in [4.69, 9.17) is 15.2 Å². The molecule has 0 aliphatic rings. The predicted molar refractivity (Wildman–Crippen MR) is 94.5 cm³/mol. The van der Waals surface area contributed by atoms with Gasteiger partial charge in [-0.05, 0) is 37.6 Å². The number of carbonyl (C=O) groups is 3. The number of benzene rings is 1. The largest absolute Gasteiger partial charge is 0.494 e. The summed E-state index contributed by atoms with van der Waals surface area (Å²) < 4.78 is 10.1. The maximum Gasteiger partial charge on any atom is 0.341 e. The molecule has 0 saturated heterocycles. The molecule has 25 heavy (non-hydrogen) atoms. The van der Waals surface area contributed by atoms with Crippen molar-refractivity contribution in [3.8, 4) is 5.75 Å². The van der Waals surface area contributed by atoms with Crippen LogP contribution in [-0.2, 0) is 4.74 Å². The fraction of sp³-hybridized carbons (Fsp3) is 0.235. The molecule has 0 atom stereocenters. The van der Waals surface area contributed by atoms with Crippen LogP contribution in [0, 0.1) is 6.92 Å². The van der Waals surface area contributed by atoms with Crippen molar-refractivity contribution in [1.29, 1.82) is 0 Å². The van der Waals surface area contributed by atoms with E-state index in [0.29, 0.717) is 23.5 Å². The molecule has 0 fully saturated rings. The van der Waals surface area contributed by atoms with Crippen molar-refractivity contribution in [2.45, 2.75) is 13.8 Å². The summed E-state index contributed by atoms with van der Waals surface area (Å²) in [7, 11) is 1.22. The maximum absolute atomic E-state index is 12.5. The second-order valence-corrected chi connectivity index (χ2v) is 6.05. The van der Waals surface area contributed by atoms with Gasteiger partial charge in [0.25, 0.3) is 11.8 Å². The molecule has 2 aromatic rings. The van der Waals surface area contributed by atoms with Crippen LogP contribution in [0.5, 0.6) is 5.75 Å². The van der Waals surface area contributed by atoms with Crippen molar-refractivity contribution >= 4 is 34.1 Å². The van der Waals surface area contributed by atoms with E-state index in [1.165, 1.54) is 7.11 Å². The molecule has 2 rings (SSSR count). The highest BCUT2D eigenvalue weighted by Gasteiger charge is 2.25. The lowest BCUT2D eigenvalue weighted by Gasteiger charge is -2.08. The Morgan fingerprint density at radius 3 is 2.60 bits per heavy atom. The minimum atomic E-state index is -0.675. The molecule has 132 valence electrons. The van der Waals surface area contributed by atoms with Gasteiger partial charge in [0.15, 0.2) is 0 Å². The lowest BCUT2D eigenvalue weighted by molar-refractivity contribution is 0.0601. The zero-order chi connectivity index (χ0) is 18.6. The van der Waals surface area contributed by atoms with Crippen molar-refractivity contribution < 1.29 is 23.9 Å². The van der Waals surface area contributed by atoms with E-state index in [9.17, 15) is 14.4 Å². The summed E-state index contributed by atoms with van der Waals surface area (Å²) in [6.45, 7) is 3.90. The third kappa shape index (κ3) is 3.97. The molecule has 1 aromatic carbocycles. The van der Waals surface area contributed by atoms with Crippen LogP contribution in [0.3, 0.4) is 0 Å². The molecule has 7 nitrogen and oxygen atoms in total. The van der Waals surface area contributed by atoms with E-state index in [1.54, 1.807) is 31.2 Å². The number of anilines is 1. The van der Waals surface area contributed by atoms with Gasteiger partial charge in [-0.3, -0.25) is 9.59 Å². The third-order valence-corrected chi connectivity index (χ3v) is 4.62. The highest BCUT2D eigenvalue weighted by Crippen LogP contribution is 2.33. The van der Waals surface area contributed by atoms with Crippen LogP contribution in [0.4, 0.5) is 5.00 Å². The summed E-state index contributed by atoms with van der Waals surface area (Å²) >= 11 is 0.937. The molecule has 0 spiro atoms. The first-order valence-electron chi connectivity index (χ1n) is 7.44. The number of methoxy groups -OCH3 is 1. The van der Waals surface area contributed by atoms with E-state index in [0.717, 1.165) is 11.3 Å². The minimum Gasteiger partial charge on any atom is -0.494 e. The Labute approximate surface area is 148 Å². The van der Waals surface area contributed by atoms with Crippen molar-refractivity contribution in [3.05, 3.63) is 45.8 Å².